The van der Waals surface area contributed by atoms with Crippen LogP contribution in [0.2, 0.25) is 0 Å². The summed E-state index contributed by atoms with van der Waals surface area (Å²) in [4.78, 5) is 2.13. The molecule has 0 bridgehead atoms. The number of hydrogen-bond acceptors (Lipinski definition) is 1. The van der Waals surface area contributed by atoms with Crippen LogP contribution in [0.25, 0.3) is 51.9 Å². The van der Waals surface area contributed by atoms with Crippen LogP contribution in [-0.2, 0) is 6.42 Å². The molecule has 32 heavy (non-hydrogen) atoms. The van der Waals surface area contributed by atoms with Crippen LogP contribution in [0.3, 0.4) is 0 Å². The topological polar surface area (TPSA) is 3.01 Å². The third-order valence-corrected chi connectivity index (χ3v) is 6.24. The first-order valence-electron chi connectivity index (χ1n) is 10.9. The molecule has 3 aromatic rings. The molecule has 0 radical (unpaired) electrons. The van der Waals surface area contributed by atoms with E-state index >= 15 is 0 Å². The predicted octanol–water partition coefficient (Wildman–Crippen LogP) is 8.44. The van der Waals surface area contributed by atoms with Crippen LogP contribution in [0.5, 0.6) is 0 Å². The Balaban J connectivity index is 2.13. The molecule has 158 valence electrons. The van der Waals surface area contributed by atoms with Gasteiger partial charge in [-0.05, 0) is 63.1 Å². The summed E-state index contributed by atoms with van der Waals surface area (Å²) >= 11 is 0. The van der Waals surface area contributed by atoms with E-state index in [1.807, 2.05) is 24.3 Å². The van der Waals surface area contributed by atoms with Crippen molar-refractivity contribution in [3.05, 3.63) is 114 Å². The van der Waals surface area contributed by atoms with E-state index in [2.05, 4.69) is 99.9 Å². The molecule has 0 saturated carbocycles. The zero-order valence-electron chi connectivity index (χ0n) is 19.0. The second-order valence-corrected chi connectivity index (χ2v) is 7.93. The van der Waals surface area contributed by atoms with Crippen molar-refractivity contribution in [1.82, 2.24) is 4.90 Å². The first-order chi connectivity index (χ1) is 15.6. The molecule has 1 nitrogen and oxygen atoms in total. The van der Waals surface area contributed by atoms with Crippen molar-refractivity contribution in [2.24, 2.45) is 0 Å². The van der Waals surface area contributed by atoms with Crippen LogP contribution in [0.1, 0.15) is 40.3 Å². The molecular formula is C31H29N. The minimum atomic E-state index is 0.852. The van der Waals surface area contributed by atoms with Crippen LogP contribution in [0.4, 0.5) is 0 Å². The van der Waals surface area contributed by atoms with Gasteiger partial charge >= 0.3 is 0 Å². The maximum atomic E-state index is 4.19. The zero-order valence-corrected chi connectivity index (χ0v) is 19.0. The summed E-state index contributed by atoms with van der Waals surface area (Å²) in [5.41, 5.74) is 10.4. The summed E-state index contributed by atoms with van der Waals surface area (Å²) < 4.78 is 0. The molecule has 3 aromatic carbocycles. The highest BCUT2D eigenvalue weighted by atomic mass is 15.2. The molecule has 1 aliphatic rings. The third-order valence-electron chi connectivity index (χ3n) is 6.24. The van der Waals surface area contributed by atoms with E-state index in [-0.39, 0.29) is 0 Å². The smallest absolute Gasteiger partial charge is 0.0649 e. The number of benzene rings is 3. The summed E-state index contributed by atoms with van der Waals surface area (Å²) in [7, 11) is 2.06. The van der Waals surface area contributed by atoms with E-state index in [4.69, 9.17) is 0 Å². The highest BCUT2D eigenvalue weighted by molar-refractivity contribution is 6.07. The van der Waals surface area contributed by atoms with Gasteiger partial charge in [-0.25, -0.2) is 0 Å². The Morgan fingerprint density at radius 1 is 0.750 bits per heavy atom. The number of fused-ring (bicyclic) bond motifs is 1. The minimum Gasteiger partial charge on any atom is -0.347 e. The van der Waals surface area contributed by atoms with Gasteiger partial charge in [0, 0.05) is 18.8 Å². The van der Waals surface area contributed by atoms with Gasteiger partial charge in [0.25, 0.3) is 0 Å². The lowest BCUT2D eigenvalue weighted by molar-refractivity contribution is 0.777. The van der Waals surface area contributed by atoms with Gasteiger partial charge < -0.3 is 4.90 Å². The Bertz CT molecular complexity index is 1330. The fourth-order valence-electron chi connectivity index (χ4n) is 4.67. The highest BCUT2D eigenvalue weighted by Gasteiger charge is 2.24. The number of hydrogen-bond donors (Lipinski definition) is 0. The lowest BCUT2D eigenvalue weighted by Gasteiger charge is -2.22. The molecule has 0 fully saturated rings. The molecule has 0 aliphatic carbocycles. The second-order valence-electron chi connectivity index (χ2n) is 7.93. The Kier molecular flexibility index (Phi) is 5.83. The van der Waals surface area contributed by atoms with Crippen molar-refractivity contribution in [2.75, 3.05) is 7.05 Å². The van der Waals surface area contributed by atoms with Crippen molar-refractivity contribution in [2.45, 2.75) is 13.3 Å². The van der Waals surface area contributed by atoms with Crippen molar-refractivity contribution in [1.29, 1.82) is 0 Å². The minimum absolute atomic E-state index is 0.852. The Morgan fingerprint density at radius 2 is 1.31 bits per heavy atom. The fourth-order valence-corrected chi connectivity index (χ4v) is 4.67. The summed E-state index contributed by atoms with van der Waals surface area (Å²) in [6, 6.07) is 13.0. The van der Waals surface area contributed by atoms with Crippen molar-refractivity contribution in [3.8, 4) is 11.1 Å². The molecule has 0 N–H and O–H groups in total. The average molecular weight is 416 g/mol. The lowest BCUT2D eigenvalue weighted by atomic mass is 9.82. The van der Waals surface area contributed by atoms with Crippen molar-refractivity contribution in [3.63, 3.8) is 0 Å². The number of rotatable bonds is 8. The van der Waals surface area contributed by atoms with E-state index in [0.717, 1.165) is 39.8 Å². The Hall–Kier alpha value is -3.84. The Labute approximate surface area is 191 Å². The molecular weight excluding hydrogens is 386 g/mol. The number of nitrogens with zero attached hydrogens (tertiary/aromatic N) is 1. The zero-order chi connectivity index (χ0) is 22.8. The van der Waals surface area contributed by atoms with Crippen LogP contribution < -0.4 is 0 Å². The molecule has 0 atom stereocenters. The van der Waals surface area contributed by atoms with Gasteiger partial charge in [-0.1, -0.05) is 99.2 Å². The first-order valence-corrected chi connectivity index (χ1v) is 10.9. The predicted molar refractivity (Wildman–Crippen MR) is 144 cm³/mol. The molecule has 1 heteroatoms. The van der Waals surface area contributed by atoms with E-state index in [1.165, 1.54) is 27.6 Å². The van der Waals surface area contributed by atoms with E-state index in [0.29, 0.717) is 0 Å². The molecule has 1 aliphatic heterocycles. The van der Waals surface area contributed by atoms with Crippen LogP contribution in [0.15, 0.2) is 81.1 Å². The molecule has 1 heterocycles. The molecule has 0 unspecified atom stereocenters. The summed E-state index contributed by atoms with van der Waals surface area (Å²) in [5.74, 6) is 0. The quantitative estimate of drug-likeness (QED) is 0.334. The summed E-state index contributed by atoms with van der Waals surface area (Å²) in [5, 5.41) is 2.45. The van der Waals surface area contributed by atoms with E-state index in [9.17, 15) is 0 Å². The van der Waals surface area contributed by atoms with Crippen LogP contribution >= 0.6 is 0 Å². The van der Waals surface area contributed by atoms with Gasteiger partial charge in [-0.2, -0.15) is 0 Å². The monoisotopic (exact) mass is 415 g/mol. The van der Waals surface area contributed by atoms with E-state index < -0.39 is 0 Å². The summed E-state index contributed by atoms with van der Waals surface area (Å²) in [6.07, 6.45) is 15.1. The fraction of sp³-hybridized carbons (Fsp3) is 0.0968. The van der Waals surface area contributed by atoms with Crippen molar-refractivity contribution < 1.29 is 0 Å². The molecule has 0 aromatic heterocycles. The largest absolute Gasteiger partial charge is 0.347 e. The van der Waals surface area contributed by atoms with Gasteiger partial charge in [-0.15, -0.1) is 0 Å². The highest BCUT2D eigenvalue weighted by Crippen LogP contribution is 2.44. The van der Waals surface area contributed by atoms with Crippen LogP contribution in [-0.4, -0.2) is 11.9 Å². The first kappa shape index (κ1) is 21.4. The standard InChI is InChI=1S/C31H29N/c1-7-12-15-25-23(10-4)24(11-5)31(28-17-14-13-16-26(25)28)29-19-18-27(30-20-32(30)6)21(8-2)22(29)9-3/h7-14,16-20H,2-5,15H2,1,6H3/b12-7-. The normalized spacial score (nSPS) is 12.7. The molecule has 0 amide bonds. The van der Waals surface area contributed by atoms with Gasteiger partial charge in [-0.3, -0.25) is 0 Å². The van der Waals surface area contributed by atoms with E-state index in [1.54, 1.807) is 0 Å². The number of allylic oxidation sites excluding steroid dienone is 2. The van der Waals surface area contributed by atoms with Gasteiger partial charge in [0.1, 0.15) is 0 Å². The van der Waals surface area contributed by atoms with Gasteiger partial charge in [0.15, 0.2) is 0 Å². The molecule has 4 rings (SSSR count). The van der Waals surface area contributed by atoms with Gasteiger partial charge in [0.2, 0.25) is 0 Å². The maximum absolute atomic E-state index is 4.19. The summed E-state index contributed by atoms with van der Waals surface area (Å²) in [6.45, 7) is 18.7. The SMILES string of the molecule is C=Cc1c(C2=CN2C)ccc(-c2c(C=C)c(C=C)c(C/C=C\C)c3ccccc23)c1C=C. The van der Waals surface area contributed by atoms with Gasteiger partial charge in [0.05, 0.1) is 5.70 Å². The molecule has 0 saturated heterocycles. The third kappa shape index (κ3) is 3.36. The average Bonchev–Trinajstić information content (AvgIpc) is 3.56. The second kappa shape index (κ2) is 8.72. The Morgan fingerprint density at radius 3 is 1.88 bits per heavy atom. The lowest BCUT2D eigenvalue weighted by Crippen LogP contribution is -2.01. The maximum Gasteiger partial charge on any atom is 0.0649 e. The van der Waals surface area contributed by atoms with Crippen LogP contribution in [0, 0.1) is 0 Å². The molecule has 0 spiro atoms. The van der Waals surface area contributed by atoms with Crippen molar-refractivity contribution >= 4 is 40.8 Å².